The van der Waals surface area contributed by atoms with Gasteiger partial charge in [0.05, 0.1) is 12.7 Å². The van der Waals surface area contributed by atoms with E-state index < -0.39 is 0 Å². The van der Waals surface area contributed by atoms with Gasteiger partial charge in [-0.25, -0.2) is 4.79 Å². The van der Waals surface area contributed by atoms with Crippen LogP contribution < -0.4 is 0 Å². The third kappa shape index (κ3) is 1.67. The molecule has 0 aliphatic heterocycles. The molecule has 0 N–H and O–H groups in total. The number of carbonyl (C=O) groups is 1. The molecular formula is C9H12O3. The Balaban J connectivity index is 2.84. The maximum absolute atomic E-state index is 11.0. The van der Waals surface area contributed by atoms with Gasteiger partial charge in [0.25, 0.3) is 0 Å². The zero-order valence-corrected chi connectivity index (χ0v) is 7.46. The summed E-state index contributed by atoms with van der Waals surface area (Å²) in [6, 6.07) is 1.70. The van der Waals surface area contributed by atoms with Crippen molar-refractivity contribution in [3.63, 3.8) is 0 Å². The van der Waals surface area contributed by atoms with Gasteiger partial charge in [0.1, 0.15) is 12.0 Å². The van der Waals surface area contributed by atoms with Crippen LogP contribution >= 0.6 is 0 Å². The second-order valence-electron chi connectivity index (χ2n) is 2.88. The fourth-order valence-electron chi connectivity index (χ4n) is 0.880. The summed E-state index contributed by atoms with van der Waals surface area (Å²) >= 11 is 0. The Kier molecular flexibility index (Phi) is 2.53. The van der Waals surface area contributed by atoms with E-state index in [-0.39, 0.29) is 5.97 Å². The molecule has 0 saturated heterocycles. The minimum Gasteiger partial charge on any atom is -0.468 e. The largest absolute Gasteiger partial charge is 0.468 e. The summed E-state index contributed by atoms with van der Waals surface area (Å²) in [6.45, 7) is 4.00. The molecule has 0 unspecified atom stereocenters. The minimum atomic E-state index is -0.356. The molecule has 1 heterocycles. The lowest BCUT2D eigenvalue weighted by atomic mass is 10.1. The molecule has 1 rings (SSSR count). The molecule has 0 amide bonds. The number of esters is 1. The fraction of sp³-hybridized carbons (Fsp3) is 0.444. The highest BCUT2D eigenvalue weighted by molar-refractivity contribution is 5.89. The summed E-state index contributed by atoms with van der Waals surface area (Å²) in [6.07, 6.45) is 1.42. The van der Waals surface area contributed by atoms with E-state index in [4.69, 9.17) is 4.42 Å². The maximum atomic E-state index is 11.0. The average Bonchev–Trinajstić information content (AvgIpc) is 2.51. The zero-order chi connectivity index (χ0) is 9.14. The van der Waals surface area contributed by atoms with Gasteiger partial charge in [0.15, 0.2) is 0 Å². The predicted octanol–water partition coefficient (Wildman–Crippen LogP) is 2.19. The van der Waals surface area contributed by atoms with E-state index in [9.17, 15) is 4.79 Å². The summed E-state index contributed by atoms with van der Waals surface area (Å²) in [5, 5.41) is 0. The van der Waals surface area contributed by atoms with Gasteiger partial charge in [0.2, 0.25) is 0 Å². The quantitative estimate of drug-likeness (QED) is 0.635. The van der Waals surface area contributed by atoms with Crippen LogP contribution in [0.5, 0.6) is 0 Å². The van der Waals surface area contributed by atoms with Crippen molar-refractivity contribution in [3.8, 4) is 0 Å². The predicted molar refractivity (Wildman–Crippen MR) is 44.1 cm³/mol. The Labute approximate surface area is 71.3 Å². The molecule has 3 nitrogen and oxygen atoms in total. The van der Waals surface area contributed by atoms with E-state index in [2.05, 4.69) is 4.74 Å². The van der Waals surface area contributed by atoms with Crippen LogP contribution in [0.25, 0.3) is 0 Å². The van der Waals surface area contributed by atoms with Crippen LogP contribution in [0.1, 0.15) is 35.9 Å². The SMILES string of the molecule is COC(=O)c1coc(C(C)C)c1. The molecule has 66 valence electrons. The molecule has 0 saturated carbocycles. The second kappa shape index (κ2) is 3.43. The summed E-state index contributed by atoms with van der Waals surface area (Å²) in [5.74, 6) is 0.740. The first-order valence-corrected chi connectivity index (χ1v) is 3.82. The zero-order valence-electron chi connectivity index (χ0n) is 7.46. The number of ether oxygens (including phenoxy) is 1. The van der Waals surface area contributed by atoms with Gasteiger partial charge < -0.3 is 9.15 Å². The highest BCUT2D eigenvalue weighted by Gasteiger charge is 2.11. The molecule has 0 aliphatic carbocycles. The first kappa shape index (κ1) is 8.84. The lowest BCUT2D eigenvalue weighted by molar-refractivity contribution is 0.0600. The van der Waals surface area contributed by atoms with Gasteiger partial charge in [-0.15, -0.1) is 0 Å². The van der Waals surface area contributed by atoms with Gasteiger partial charge in [-0.1, -0.05) is 13.8 Å². The van der Waals surface area contributed by atoms with Gasteiger partial charge in [-0.3, -0.25) is 0 Å². The third-order valence-electron chi connectivity index (χ3n) is 1.61. The van der Waals surface area contributed by atoms with Crippen molar-refractivity contribution in [2.24, 2.45) is 0 Å². The number of carbonyl (C=O) groups excluding carboxylic acids is 1. The highest BCUT2D eigenvalue weighted by Crippen LogP contribution is 2.17. The molecular weight excluding hydrogens is 156 g/mol. The molecule has 0 aliphatic rings. The van der Waals surface area contributed by atoms with Crippen molar-refractivity contribution in [2.75, 3.05) is 7.11 Å². The number of hydrogen-bond acceptors (Lipinski definition) is 3. The molecule has 0 aromatic carbocycles. The topological polar surface area (TPSA) is 39.4 Å². The van der Waals surface area contributed by atoms with E-state index in [1.165, 1.54) is 13.4 Å². The third-order valence-corrected chi connectivity index (χ3v) is 1.61. The van der Waals surface area contributed by atoms with Crippen molar-refractivity contribution >= 4 is 5.97 Å². The van der Waals surface area contributed by atoms with Gasteiger partial charge in [-0.05, 0) is 6.07 Å². The monoisotopic (exact) mass is 168 g/mol. The molecule has 0 spiro atoms. The van der Waals surface area contributed by atoms with Crippen LogP contribution in [0.3, 0.4) is 0 Å². The maximum Gasteiger partial charge on any atom is 0.341 e. The van der Waals surface area contributed by atoms with Gasteiger partial charge in [0, 0.05) is 5.92 Å². The van der Waals surface area contributed by atoms with Crippen LogP contribution in [0.2, 0.25) is 0 Å². The number of hydrogen-bond donors (Lipinski definition) is 0. The fourth-order valence-corrected chi connectivity index (χ4v) is 0.880. The first-order chi connectivity index (χ1) is 5.65. The van der Waals surface area contributed by atoms with Crippen molar-refractivity contribution in [1.82, 2.24) is 0 Å². The van der Waals surface area contributed by atoms with Crippen molar-refractivity contribution < 1.29 is 13.9 Å². The summed E-state index contributed by atoms with van der Waals surface area (Å²) < 4.78 is 9.68. The van der Waals surface area contributed by atoms with E-state index in [0.717, 1.165) is 5.76 Å². The molecule has 12 heavy (non-hydrogen) atoms. The number of furan rings is 1. The standard InChI is InChI=1S/C9H12O3/c1-6(2)8-4-7(5-12-8)9(10)11-3/h4-6H,1-3H3. The Morgan fingerprint density at radius 1 is 1.58 bits per heavy atom. The van der Waals surface area contributed by atoms with Crippen LogP contribution in [0.15, 0.2) is 16.7 Å². The smallest absolute Gasteiger partial charge is 0.341 e. The molecule has 0 atom stereocenters. The first-order valence-electron chi connectivity index (χ1n) is 3.82. The number of methoxy groups -OCH3 is 1. The average molecular weight is 168 g/mol. The minimum absolute atomic E-state index is 0.295. The van der Waals surface area contributed by atoms with Gasteiger partial charge in [-0.2, -0.15) is 0 Å². The Morgan fingerprint density at radius 2 is 2.25 bits per heavy atom. The summed E-state index contributed by atoms with van der Waals surface area (Å²) in [4.78, 5) is 11.0. The highest BCUT2D eigenvalue weighted by atomic mass is 16.5. The van der Waals surface area contributed by atoms with Crippen LogP contribution in [-0.2, 0) is 4.74 Å². The number of rotatable bonds is 2. The van der Waals surface area contributed by atoms with Crippen LogP contribution in [0.4, 0.5) is 0 Å². The molecule has 0 bridgehead atoms. The van der Waals surface area contributed by atoms with Crippen LogP contribution in [-0.4, -0.2) is 13.1 Å². The Morgan fingerprint density at radius 3 is 2.67 bits per heavy atom. The summed E-state index contributed by atoms with van der Waals surface area (Å²) in [5.41, 5.74) is 0.473. The normalized spacial score (nSPS) is 10.3. The molecule has 3 heteroatoms. The van der Waals surface area contributed by atoms with E-state index in [1.807, 2.05) is 13.8 Å². The van der Waals surface area contributed by atoms with Crippen LogP contribution in [0, 0.1) is 0 Å². The van der Waals surface area contributed by atoms with Crippen molar-refractivity contribution in [3.05, 3.63) is 23.7 Å². The molecule has 1 aromatic heterocycles. The van der Waals surface area contributed by atoms with Gasteiger partial charge >= 0.3 is 5.97 Å². The van der Waals surface area contributed by atoms with E-state index in [1.54, 1.807) is 6.07 Å². The molecule has 0 fully saturated rings. The van der Waals surface area contributed by atoms with E-state index in [0.29, 0.717) is 11.5 Å². The lowest BCUT2D eigenvalue weighted by Gasteiger charge is -1.95. The Bertz CT molecular complexity index is 273. The van der Waals surface area contributed by atoms with Crippen molar-refractivity contribution in [2.45, 2.75) is 19.8 Å². The van der Waals surface area contributed by atoms with E-state index >= 15 is 0 Å². The second-order valence-corrected chi connectivity index (χ2v) is 2.88. The summed E-state index contributed by atoms with van der Waals surface area (Å²) in [7, 11) is 1.35. The van der Waals surface area contributed by atoms with Crippen molar-refractivity contribution in [1.29, 1.82) is 0 Å². The Hall–Kier alpha value is -1.25. The molecule has 0 radical (unpaired) electrons. The molecule has 1 aromatic rings. The lowest BCUT2D eigenvalue weighted by Crippen LogP contribution is -1.98.